The Bertz CT molecular complexity index is 1310. The van der Waals surface area contributed by atoms with Crippen molar-refractivity contribution in [3.8, 4) is 5.75 Å². The molecule has 3 amide bonds. The second kappa shape index (κ2) is 12.1. The maximum Gasteiger partial charge on any atom is 0.265 e. The second-order valence-corrected chi connectivity index (χ2v) is 12.4. The second-order valence-electron chi connectivity index (χ2n) is 12.4. The summed E-state index contributed by atoms with van der Waals surface area (Å²) in [6.45, 7) is 6.01. The lowest BCUT2D eigenvalue weighted by Gasteiger charge is -2.34. The molecule has 5 atom stereocenters. The topological polar surface area (TPSA) is 105 Å². The summed E-state index contributed by atoms with van der Waals surface area (Å²) in [6, 6.07) is 12.2. The van der Waals surface area contributed by atoms with Gasteiger partial charge in [-0.25, -0.2) is 0 Å². The van der Waals surface area contributed by atoms with E-state index in [0.29, 0.717) is 12.0 Å². The van der Waals surface area contributed by atoms with Crippen LogP contribution in [0.3, 0.4) is 0 Å². The number of imide groups is 1. The van der Waals surface area contributed by atoms with Gasteiger partial charge in [0.25, 0.3) is 11.8 Å². The van der Waals surface area contributed by atoms with Gasteiger partial charge in [0.15, 0.2) is 0 Å². The molecule has 5 rings (SSSR count). The molecule has 0 aromatic heterocycles. The van der Waals surface area contributed by atoms with Crippen molar-refractivity contribution in [2.45, 2.75) is 77.0 Å². The highest BCUT2D eigenvalue weighted by atomic mass is 16.5. The van der Waals surface area contributed by atoms with Crippen LogP contribution in [0.5, 0.6) is 5.75 Å². The largest absolute Gasteiger partial charge is 0.488 e. The Balaban J connectivity index is 1.17. The van der Waals surface area contributed by atoms with E-state index in [0.717, 1.165) is 41.2 Å². The maximum atomic E-state index is 13.3. The van der Waals surface area contributed by atoms with E-state index in [-0.39, 0.29) is 42.0 Å². The van der Waals surface area contributed by atoms with Crippen molar-refractivity contribution in [1.29, 1.82) is 0 Å². The number of nitrogens with one attached hydrogen (secondary N) is 2. The number of fused-ring (bicyclic) bond motifs is 3. The van der Waals surface area contributed by atoms with Gasteiger partial charge in [-0.2, -0.15) is 0 Å². The van der Waals surface area contributed by atoms with Crippen LogP contribution in [0.4, 0.5) is 0 Å². The van der Waals surface area contributed by atoms with Crippen molar-refractivity contribution >= 4 is 24.0 Å². The standard InChI is InChI=1S/C33H41N3O5/c1-21-15-24-17-25(16-21)33(2,18-24)35-14-13-22-7-9-23(10-8-22)20-41-28-6-4-5-27-30(28)32(40)36(31(27)39)26(19-37)11-12-29(38)34-3/h4-10,19,21,24-26,35H,11-18,20H2,1-3H3,(H,34,38). The molecular weight excluding hydrogens is 518 g/mol. The number of ether oxygens (including phenoxy) is 1. The van der Waals surface area contributed by atoms with E-state index < -0.39 is 17.9 Å². The number of amides is 3. The van der Waals surface area contributed by atoms with Gasteiger partial charge in [-0.15, -0.1) is 0 Å². The van der Waals surface area contributed by atoms with E-state index in [1.54, 1.807) is 18.2 Å². The average Bonchev–Trinajstić information content (AvgIpc) is 3.36. The van der Waals surface area contributed by atoms with Crippen LogP contribution in [0.25, 0.3) is 0 Å². The van der Waals surface area contributed by atoms with Crippen LogP contribution in [0, 0.1) is 17.8 Å². The molecule has 2 aliphatic carbocycles. The predicted molar refractivity (Wildman–Crippen MR) is 156 cm³/mol. The van der Waals surface area contributed by atoms with Gasteiger partial charge in [0.1, 0.15) is 18.6 Å². The predicted octanol–water partition coefficient (Wildman–Crippen LogP) is 4.30. The van der Waals surface area contributed by atoms with Gasteiger partial charge in [-0.05, 0) is 93.0 Å². The first-order valence-electron chi connectivity index (χ1n) is 14.8. The third-order valence-electron chi connectivity index (χ3n) is 9.36. The molecule has 8 heteroatoms. The Kier molecular flexibility index (Phi) is 8.59. The zero-order chi connectivity index (χ0) is 29.1. The lowest BCUT2D eigenvalue weighted by atomic mass is 9.79. The Morgan fingerprint density at radius 2 is 1.85 bits per heavy atom. The summed E-state index contributed by atoms with van der Waals surface area (Å²) in [4.78, 5) is 50.6. The van der Waals surface area contributed by atoms with E-state index in [4.69, 9.17) is 4.74 Å². The number of hydrogen-bond donors (Lipinski definition) is 2. The fourth-order valence-electron chi connectivity index (χ4n) is 7.23. The van der Waals surface area contributed by atoms with Crippen molar-refractivity contribution in [2.24, 2.45) is 17.8 Å². The quantitative estimate of drug-likeness (QED) is 0.297. The minimum atomic E-state index is -1.02. The van der Waals surface area contributed by atoms with Crippen molar-refractivity contribution < 1.29 is 23.9 Å². The molecule has 8 nitrogen and oxygen atoms in total. The van der Waals surface area contributed by atoms with Crippen LogP contribution >= 0.6 is 0 Å². The zero-order valence-corrected chi connectivity index (χ0v) is 24.3. The highest BCUT2D eigenvalue weighted by Gasteiger charge is 2.47. The van der Waals surface area contributed by atoms with Crippen molar-refractivity contribution in [3.63, 3.8) is 0 Å². The number of nitrogens with zero attached hydrogens (tertiary/aromatic N) is 1. The lowest BCUT2D eigenvalue weighted by Crippen LogP contribution is -2.46. The third-order valence-corrected chi connectivity index (χ3v) is 9.36. The highest BCUT2D eigenvalue weighted by molar-refractivity contribution is 6.23. The molecule has 2 aromatic carbocycles. The molecule has 218 valence electrons. The van der Waals surface area contributed by atoms with Crippen LogP contribution < -0.4 is 15.4 Å². The van der Waals surface area contributed by atoms with Crippen LogP contribution in [0.2, 0.25) is 0 Å². The summed E-state index contributed by atoms with van der Waals surface area (Å²) < 4.78 is 6.02. The number of rotatable bonds is 12. The molecule has 0 radical (unpaired) electrons. The normalized spacial score (nSPS) is 25.6. The number of carbonyl (C=O) groups is 4. The van der Waals surface area contributed by atoms with Gasteiger partial charge >= 0.3 is 0 Å². The summed E-state index contributed by atoms with van der Waals surface area (Å²) in [5.74, 6) is 1.43. The minimum absolute atomic E-state index is 0.0301. The van der Waals surface area contributed by atoms with E-state index in [9.17, 15) is 19.2 Å². The molecular formula is C33H41N3O5. The van der Waals surface area contributed by atoms with Gasteiger partial charge in [0.05, 0.1) is 17.2 Å². The first-order valence-corrected chi connectivity index (χ1v) is 14.8. The van der Waals surface area contributed by atoms with Crippen molar-refractivity contribution in [2.75, 3.05) is 13.6 Å². The van der Waals surface area contributed by atoms with E-state index in [1.807, 2.05) is 12.1 Å². The number of benzene rings is 2. The van der Waals surface area contributed by atoms with Crippen molar-refractivity contribution in [3.05, 3.63) is 64.7 Å². The molecule has 41 heavy (non-hydrogen) atoms. The summed E-state index contributed by atoms with van der Waals surface area (Å²) in [6.07, 6.45) is 6.98. The molecule has 2 bridgehead atoms. The van der Waals surface area contributed by atoms with E-state index in [2.05, 4.69) is 36.6 Å². The molecule has 2 fully saturated rings. The molecule has 0 spiro atoms. The Morgan fingerprint density at radius 1 is 1.10 bits per heavy atom. The van der Waals surface area contributed by atoms with Gasteiger partial charge in [0, 0.05) is 19.0 Å². The number of carbonyl (C=O) groups excluding carboxylic acids is 4. The summed E-state index contributed by atoms with van der Waals surface area (Å²) in [5, 5.41) is 6.38. The monoisotopic (exact) mass is 559 g/mol. The first kappa shape index (κ1) is 29.0. The molecule has 1 aliphatic heterocycles. The molecule has 0 saturated heterocycles. The van der Waals surface area contributed by atoms with Gasteiger partial charge in [-0.3, -0.25) is 19.3 Å². The van der Waals surface area contributed by atoms with Gasteiger partial charge < -0.3 is 20.2 Å². The Labute approximate surface area is 242 Å². The first-order chi connectivity index (χ1) is 19.7. The van der Waals surface area contributed by atoms with Gasteiger partial charge in [0.2, 0.25) is 5.91 Å². The third kappa shape index (κ3) is 6.08. The molecule has 3 aliphatic rings. The lowest BCUT2D eigenvalue weighted by molar-refractivity contribution is -0.121. The van der Waals surface area contributed by atoms with Crippen LogP contribution in [0.15, 0.2) is 42.5 Å². The van der Waals surface area contributed by atoms with E-state index in [1.165, 1.54) is 38.3 Å². The fourth-order valence-corrected chi connectivity index (χ4v) is 7.23. The van der Waals surface area contributed by atoms with Crippen molar-refractivity contribution in [1.82, 2.24) is 15.5 Å². The molecule has 5 unspecified atom stereocenters. The molecule has 1 heterocycles. The van der Waals surface area contributed by atoms with Crippen LogP contribution in [0.1, 0.15) is 84.2 Å². The number of hydrogen-bond acceptors (Lipinski definition) is 6. The minimum Gasteiger partial charge on any atom is -0.488 e. The molecule has 2 saturated carbocycles. The summed E-state index contributed by atoms with van der Waals surface area (Å²) in [7, 11) is 1.50. The van der Waals surface area contributed by atoms with Crippen LogP contribution in [-0.4, -0.2) is 54.1 Å². The SMILES string of the molecule is CNC(=O)CCC(C=O)N1C(=O)c2cccc(OCc3ccc(CCNC4(C)CC5CC(C)CC4C5)cc3)c2C1=O. The Hall–Kier alpha value is -3.52. The zero-order valence-electron chi connectivity index (χ0n) is 24.3. The summed E-state index contributed by atoms with van der Waals surface area (Å²) in [5.41, 5.74) is 2.83. The highest BCUT2D eigenvalue weighted by Crippen LogP contribution is 2.50. The van der Waals surface area contributed by atoms with Gasteiger partial charge in [-0.1, -0.05) is 37.3 Å². The number of aldehydes is 1. The maximum absolute atomic E-state index is 13.3. The fraction of sp³-hybridized carbons (Fsp3) is 0.515. The van der Waals surface area contributed by atoms with Crippen LogP contribution in [-0.2, 0) is 22.6 Å². The summed E-state index contributed by atoms with van der Waals surface area (Å²) >= 11 is 0. The molecule has 2 N–H and O–H groups in total. The smallest absolute Gasteiger partial charge is 0.265 e. The average molecular weight is 560 g/mol. The Morgan fingerprint density at radius 3 is 2.59 bits per heavy atom. The molecule has 2 aromatic rings. The van der Waals surface area contributed by atoms with E-state index >= 15 is 0 Å².